The van der Waals surface area contributed by atoms with Crippen LogP contribution >= 0.6 is 0 Å². The molecule has 0 aliphatic rings. The molecule has 0 aromatic carbocycles. The third-order valence-corrected chi connectivity index (χ3v) is 1.70. The molecule has 18 heavy (non-hydrogen) atoms. The standard InChI is InChI=1S/C11H21NO4.C2H6/c1-4-11(12-14-3)10-16-7-5-6-15-9-8-13-2;1-2/h4H,1,5-10H2,2-3H3;1-2H3/b12-11+;. The van der Waals surface area contributed by atoms with Crippen LogP contribution in [-0.4, -0.2) is 53.0 Å². The number of nitrogens with zero attached hydrogens (tertiary/aromatic N) is 1. The summed E-state index contributed by atoms with van der Waals surface area (Å²) in [6.07, 6.45) is 2.46. The Labute approximate surface area is 111 Å². The van der Waals surface area contributed by atoms with Crippen molar-refractivity contribution in [1.82, 2.24) is 0 Å². The monoisotopic (exact) mass is 261 g/mol. The van der Waals surface area contributed by atoms with E-state index in [4.69, 9.17) is 14.2 Å². The van der Waals surface area contributed by atoms with E-state index in [9.17, 15) is 0 Å². The minimum atomic E-state index is 0.412. The Morgan fingerprint density at radius 3 is 2.28 bits per heavy atom. The number of oxime groups is 1. The van der Waals surface area contributed by atoms with E-state index in [-0.39, 0.29) is 0 Å². The molecule has 0 atom stereocenters. The maximum Gasteiger partial charge on any atom is 0.106 e. The van der Waals surface area contributed by atoms with E-state index in [0.717, 1.165) is 6.42 Å². The molecule has 0 N–H and O–H groups in total. The zero-order valence-corrected chi connectivity index (χ0v) is 12.1. The SMILES string of the molecule is C=C/C(COCCCOCCOC)=N\OC.CC. The van der Waals surface area contributed by atoms with Gasteiger partial charge in [0.25, 0.3) is 0 Å². The molecule has 0 saturated carbocycles. The molecule has 5 nitrogen and oxygen atoms in total. The molecule has 0 radical (unpaired) electrons. The van der Waals surface area contributed by atoms with Gasteiger partial charge in [-0.15, -0.1) is 0 Å². The molecule has 0 bridgehead atoms. The Morgan fingerprint density at radius 2 is 1.72 bits per heavy atom. The third kappa shape index (κ3) is 15.1. The zero-order valence-electron chi connectivity index (χ0n) is 12.1. The molecule has 108 valence electrons. The summed E-state index contributed by atoms with van der Waals surface area (Å²) in [6.45, 7) is 10.6. The normalized spacial score (nSPS) is 10.6. The lowest BCUT2D eigenvalue weighted by Crippen LogP contribution is -2.10. The minimum Gasteiger partial charge on any atom is -0.399 e. The second-order valence-electron chi connectivity index (χ2n) is 2.98. The molecule has 0 saturated heterocycles. The fourth-order valence-corrected chi connectivity index (χ4v) is 0.924. The predicted molar refractivity (Wildman–Crippen MR) is 74.1 cm³/mol. The van der Waals surface area contributed by atoms with Crippen molar-refractivity contribution in [2.24, 2.45) is 5.16 Å². The molecule has 0 fully saturated rings. The van der Waals surface area contributed by atoms with Gasteiger partial charge in [-0.1, -0.05) is 25.6 Å². The molecule has 0 amide bonds. The number of hydrogen-bond acceptors (Lipinski definition) is 5. The summed E-state index contributed by atoms with van der Waals surface area (Å²) in [6, 6.07) is 0. The fourth-order valence-electron chi connectivity index (χ4n) is 0.924. The molecule has 0 aliphatic heterocycles. The maximum absolute atomic E-state index is 5.35. The highest BCUT2D eigenvalue weighted by Crippen LogP contribution is 1.89. The van der Waals surface area contributed by atoms with Crippen LogP contribution in [0, 0.1) is 0 Å². The van der Waals surface area contributed by atoms with Gasteiger partial charge in [-0.25, -0.2) is 0 Å². The second-order valence-corrected chi connectivity index (χ2v) is 2.98. The molecule has 0 spiro atoms. The number of hydrogen-bond donors (Lipinski definition) is 0. The highest BCUT2D eigenvalue weighted by atomic mass is 16.6. The molecular weight excluding hydrogens is 234 g/mol. The molecule has 0 unspecified atom stereocenters. The minimum absolute atomic E-state index is 0.412. The van der Waals surface area contributed by atoms with Gasteiger partial charge in [-0.3, -0.25) is 0 Å². The summed E-state index contributed by atoms with van der Waals surface area (Å²) < 4.78 is 15.5. The van der Waals surface area contributed by atoms with Crippen molar-refractivity contribution < 1.29 is 19.0 Å². The Morgan fingerprint density at radius 1 is 1.06 bits per heavy atom. The van der Waals surface area contributed by atoms with Crippen LogP contribution in [0.4, 0.5) is 0 Å². The van der Waals surface area contributed by atoms with Crippen molar-refractivity contribution >= 4 is 5.71 Å². The van der Waals surface area contributed by atoms with Crippen LogP contribution in [-0.2, 0) is 19.0 Å². The Bertz CT molecular complexity index is 195. The number of ether oxygens (including phenoxy) is 3. The van der Waals surface area contributed by atoms with E-state index in [1.807, 2.05) is 13.8 Å². The third-order valence-electron chi connectivity index (χ3n) is 1.70. The number of rotatable bonds is 11. The zero-order chi connectivity index (χ0) is 14.1. The molecule has 0 aliphatic carbocycles. The van der Waals surface area contributed by atoms with Crippen molar-refractivity contribution in [2.75, 3.05) is 47.3 Å². The smallest absolute Gasteiger partial charge is 0.106 e. The van der Waals surface area contributed by atoms with Crippen LogP contribution in [0.3, 0.4) is 0 Å². The lowest BCUT2D eigenvalue weighted by atomic mass is 10.4. The van der Waals surface area contributed by atoms with Crippen LogP contribution in [0.1, 0.15) is 20.3 Å². The average Bonchev–Trinajstić information content (AvgIpc) is 2.42. The molecule has 0 heterocycles. The summed E-state index contributed by atoms with van der Waals surface area (Å²) in [5, 5.41) is 3.73. The summed E-state index contributed by atoms with van der Waals surface area (Å²) in [5.41, 5.74) is 0.683. The maximum atomic E-state index is 5.35. The number of methoxy groups -OCH3 is 1. The van der Waals surface area contributed by atoms with E-state index in [1.165, 1.54) is 7.11 Å². The van der Waals surface area contributed by atoms with Crippen molar-refractivity contribution in [3.05, 3.63) is 12.7 Å². The molecule has 0 rings (SSSR count). The van der Waals surface area contributed by atoms with Gasteiger partial charge in [0.2, 0.25) is 0 Å². The predicted octanol–water partition coefficient (Wildman–Crippen LogP) is 2.27. The first-order valence-corrected chi connectivity index (χ1v) is 6.22. The van der Waals surface area contributed by atoms with Gasteiger partial charge in [-0.2, -0.15) is 0 Å². The lowest BCUT2D eigenvalue weighted by Gasteiger charge is -2.05. The van der Waals surface area contributed by atoms with E-state index >= 15 is 0 Å². The largest absolute Gasteiger partial charge is 0.399 e. The second kappa shape index (κ2) is 18.5. The fraction of sp³-hybridized carbons (Fsp3) is 0.769. The van der Waals surface area contributed by atoms with Gasteiger partial charge < -0.3 is 19.0 Å². The van der Waals surface area contributed by atoms with Crippen molar-refractivity contribution in [2.45, 2.75) is 20.3 Å². The van der Waals surface area contributed by atoms with Gasteiger partial charge in [-0.05, 0) is 12.5 Å². The van der Waals surface area contributed by atoms with Gasteiger partial charge in [0, 0.05) is 20.3 Å². The Kier molecular flexibility index (Phi) is 19.9. The first kappa shape index (κ1) is 19.4. The average molecular weight is 261 g/mol. The van der Waals surface area contributed by atoms with Gasteiger partial charge >= 0.3 is 0 Å². The summed E-state index contributed by atoms with van der Waals surface area (Å²) in [7, 11) is 3.14. The summed E-state index contributed by atoms with van der Waals surface area (Å²) >= 11 is 0. The highest BCUT2D eigenvalue weighted by Gasteiger charge is 1.95. The molecule has 0 aromatic rings. The van der Waals surface area contributed by atoms with E-state index in [0.29, 0.717) is 38.7 Å². The van der Waals surface area contributed by atoms with Gasteiger partial charge in [0.05, 0.1) is 19.8 Å². The van der Waals surface area contributed by atoms with Crippen LogP contribution in [0.2, 0.25) is 0 Å². The summed E-state index contributed by atoms with van der Waals surface area (Å²) in [5.74, 6) is 0. The quantitative estimate of drug-likeness (QED) is 0.325. The van der Waals surface area contributed by atoms with Crippen LogP contribution < -0.4 is 0 Å². The summed E-state index contributed by atoms with van der Waals surface area (Å²) in [4.78, 5) is 4.62. The highest BCUT2D eigenvalue weighted by molar-refractivity contribution is 5.95. The van der Waals surface area contributed by atoms with E-state index in [1.54, 1.807) is 13.2 Å². The van der Waals surface area contributed by atoms with Crippen molar-refractivity contribution in [1.29, 1.82) is 0 Å². The molecule has 5 heteroatoms. The Hall–Kier alpha value is -0.910. The van der Waals surface area contributed by atoms with Gasteiger partial charge in [0.15, 0.2) is 0 Å². The van der Waals surface area contributed by atoms with Crippen LogP contribution in [0.25, 0.3) is 0 Å². The Balaban J connectivity index is 0. The van der Waals surface area contributed by atoms with Crippen molar-refractivity contribution in [3.63, 3.8) is 0 Å². The van der Waals surface area contributed by atoms with E-state index in [2.05, 4.69) is 16.6 Å². The lowest BCUT2D eigenvalue weighted by molar-refractivity contribution is 0.0560. The molecular formula is C13H27NO4. The van der Waals surface area contributed by atoms with E-state index < -0.39 is 0 Å². The topological polar surface area (TPSA) is 49.3 Å². The van der Waals surface area contributed by atoms with Gasteiger partial charge in [0.1, 0.15) is 12.8 Å². The first-order valence-electron chi connectivity index (χ1n) is 6.22. The van der Waals surface area contributed by atoms with Crippen LogP contribution in [0.15, 0.2) is 17.8 Å². The van der Waals surface area contributed by atoms with Crippen LogP contribution in [0.5, 0.6) is 0 Å². The first-order chi connectivity index (χ1) is 8.85. The van der Waals surface area contributed by atoms with Crippen molar-refractivity contribution in [3.8, 4) is 0 Å². The molecule has 0 aromatic heterocycles.